The fourth-order valence-corrected chi connectivity index (χ4v) is 0. The molecule has 0 amide bonds. The van der Waals surface area contributed by atoms with Crippen molar-refractivity contribution in [2.75, 3.05) is 0 Å². The molecule has 0 aromatic rings. The third-order valence-electron chi connectivity index (χ3n) is 0.0546. The van der Waals surface area contributed by atoms with E-state index in [1.54, 1.807) is 0 Å². The molecule has 0 atom stereocenters. The van der Waals surface area contributed by atoms with Crippen LogP contribution >= 0.6 is 22.6 Å². The Morgan fingerprint density at radius 1 is 1.50 bits per heavy atom. The summed E-state index contributed by atoms with van der Waals surface area (Å²) in [4.78, 5) is 0. The van der Waals surface area contributed by atoms with Gasteiger partial charge < -0.3 is 16.8 Å². The van der Waals surface area contributed by atoms with Crippen molar-refractivity contribution in [3.05, 3.63) is 10.9 Å². The second-order valence-electron chi connectivity index (χ2n) is 0.253. The summed E-state index contributed by atoms with van der Waals surface area (Å²) in [7, 11) is 0. The number of hydrogen-bond acceptors (Lipinski definition) is 0. The van der Waals surface area contributed by atoms with Crippen LogP contribution in [0.25, 0.3) is 0 Å². The molecule has 0 saturated carbocycles. The van der Waals surface area contributed by atoms with Gasteiger partial charge in [0.1, 0.15) is 0 Å². The summed E-state index contributed by atoms with van der Waals surface area (Å²) in [6.07, 6.45) is 6.14. The van der Waals surface area contributed by atoms with Crippen LogP contribution in [0.1, 0.15) is 0 Å². The Labute approximate surface area is 75.7 Å². The SMILES string of the molecule is [C-]#C[CH-]I.[V].[V]. The number of hydrogen-bond donors (Lipinski definition) is 0. The van der Waals surface area contributed by atoms with Gasteiger partial charge in [0.25, 0.3) is 0 Å². The van der Waals surface area contributed by atoms with E-state index in [9.17, 15) is 0 Å². The minimum Gasteiger partial charge on any atom is -0.728 e. The zero-order chi connectivity index (χ0) is 3.41. The Kier molecular flexibility index (Phi) is 42.3. The van der Waals surface area contributed by atoms with Gasteiger partial charge in [0.2, 0.25) is 0 Å². The van der Waals surface area contributed by atoms with Crippen LogP contribution in [0, 0.1) is 16.8 Å². The molecule has 0 aliphatic carbocycles. The van der Waals surface area contributed by atoms with Crippen molar-refractivity contribution in [3.8, 4) is 5.92 Å². The molecule has 0 aliphatic heterocycles. The maximum atomic E-state index is 6.14. The van der Waals surface area contributed by atoms with Gasteiger partial charge in [-0.05, 0) is 0 Å². The third-order valence-corrected chi connectivity index (χ3v) is 0.366. The maximum absolute atomic E-state index is 6.14. The van der Waals surface area contributed by atoms with Crippen LogP contribution < -0.4 is 0 Å². The maximum Gasteiger partial charge on any atom is 0 e. The molecule has 0 rings (SSSR count). The van der Waals surface area contributed by atoms with Gasteiger partial charge in [-0.25, -0.2) is 0 Å². The van der Waals surface area contributed by atoms with Crippen molar-refractivity contribution in [2.45, 2.75) is 0 Å². The molecule has 6 heavy (non-hydrogen) atoms. The van der Waals surface area contributed by atoms with Gasteiger partial charge in [0.15, 0.2) is 0 Å². The van der Waals surface area contributed by atoms with Crippen LogP contribution in [0.5, 0.6) is 0 Å². The summed E-state index contributed by atoms with van der Waals surface area (Å²) in [6.45, 7) is 0. The molecule has 0 bridgehead atoms. The Hall–Kier alpha value is 1.33. The van der Waals surface area contributed by atoms with Gasteiger partial charge in [-0.2, -0.15) is 0 Å². The molecule has 0 spiro atoms. The first-order valence-corrected chi connectivity index (χ1v) is 2.00. The second-order valence-corrected chi connectivity index (χ2v) is 0.876. The van der Waals surface area contributed by atoms with Crippen molar-refractivity contribution >= 4 is 22.6 Å². The van der Waals surface area contributed by atoms with E-state index in [2.05, 4.69) is 0 Å². The second kappa shape index (κ2) is 16.2. The van der Waals surface area contributed by atoms with Crippen LogP contribution in [0.4, 0.5) is 0 Å². The van der Waals surface area contributed by atoms with Gasteiger partial charge >= 0.3 is 0 Å². The van der Waals surface area contributed by atoms with E-state index in [0.717, 1.165) is 0 Å². The average molecular weight is 266 g/mol. The van der Waals surface area contributed by atoms with Crippen molar-refractivity contribution in [3.63, 3.8) is 0 Å². The summed E-state index contributed by atoms with van der Waals surface area (Å²) < 4.78 is 1.51. The van der Waals surface area contributed by atoms with E-state index in [-0.39, 0.29) is 37.1 Å². The van der Waals surface area contributed by atoms with Crippen molar-refractivity contribution in [1.29, 1.82) is 0 Å². The molecule has 3 heteroatoms. The summed E-state index contributed by atoms with van der Waals surface area (Å²) in [5, 5.41) is 0. The Morgan fingerprint density at radius 3 is 1.67 bits per heavy atom. The van der Waals surface area contributed by atoms with Crippen molar-refractivity contribution < 1.29 is 37.1 Å². The zero-order valence-electron chi connectivity index (χ0n) is 2.85. The van der Waals surface area contributed by atoms with E-state index in [4.69, 9.17) is 6.42 Å². The quantitative estimate of drug-likeness (QED) is 0.350. The first-order chi connectivity index (χ1) is 1.91. The summed E-state index contributed by atoms with van der Waals surface area (Å²) in [6, 6.07) is 0. The van der Waals surface area contributed by atoms with Gasteiger partial charge in [-0.3, -0.25) is 22.6 Å². The molecule has 0 N–H and O–H groups in total. The Balaban J connectivity index is -0.0000000450. The topological polar surface area (TPSA) is 0 Å². The molecule has 0 aliphatic rings. The van der Waals surface area contributed by atoms with Crippen LogP contribution in [0.15, 0.2) is 0 Å². The molecule has 32 valence electrons. The standard InChI is InChI=1S/C3HI.2V/c1-2-3-4;;/h3H;;/q-2;;. The van der Waals surface area contributed by atoms with Gasteiger partial charge in [-0.15, -0.1) is 0 Å². The fourth-order valence-electron chi connectivity index (χ4n) is 0. The molecule has 0 aromatic carbocycles. The van der Waals surface area contributed by atoms with E-state index in [0.29, 0.717) is 0 Å². The monoisotopic (exact) mass is 266 g/mol. The Morgan fingerprint density at radius 2 is 1.67 bits per heavy atom. The van der Waals surface area contributed by atoms with Crippen molar-refractivity contribution in [1.82, 2.24) is 0 Å². The van der Waals surface area contributed by atoms with Gasteiger partial charge in [-0.1, -0.05) is 0 Å². The van der Waals surface area contributed by atoms with Gasteiger partial charge in [0.05, 0.1) is 0 Å². The molecule has 0 aromatic heterocycles. The minimum absolute atomic E-state index is 0. The number of halogens is 1. The predicted octanol–water partition coefficient (Wildman–Crippen LogP) is 1.17. The molecule has 0 nitrogen and oxygen atoms in total. The largest absolute Gasteiger partial charge is 0.728 e. The average Bonchev–Trinajstić information content (AvgIpc) is 1.37. The predicted molar refractivity (Wildman–Crippen MR) is 25.5 cm³/mol. The van der Waals surface area contributed by atoms with Crippen LogP contribution in [-0.2, 0) is 37.1 Å². The van der Waals surface area contributed by atoms with Crippen LogP contribution in [0.2, 0.25) is 0 Å². The smallest absolute Gasteiger partial charge is 0 e. The Bertz CT molecular complexity index is 38.5. The fraction of sp³-hybridized carbons (Fsp3) is 0. The molecular weight excluding hydrogens is 265 g/mol. The third kappa shape index (κ3) is 18.4. The summed E-state index contributed by atoms with van der Waals surface area (Å²) >= 11 is 1.93. The van der Waals surface area contributed by atoms with Crippen LogP contribution in [0.3, 0.4) is 0 Å². The molecule has 0 saturated heterocycles. The van der Waals surface area contributed by atoms with Crippen molar-refractivity contribution in [2.24, 2.45) is 0 Å². The zero-order valence-corrected chi connectivity index (χ0v) is 7.80. The summed E-state index contributed by atoms with van der Waals surface area (Å²) in [5.74, 6) is 2.04. The van der Waals surface area contributed by atoms with Crippen LogP contribution in [-0.4, -0.2) is 0 Å². The molecular formula is C3HIV2-2. The molecule has 0 heterocycles. The van der Waals surface area contributed by atoms with E-state index in [1.807, 2.05) is 28.5 Å². The first kappa shape index (κ1) is 15.7. The van der Waals surface area contributed by atoms with E-state index < -0.39 is 0 Å². The van der Waals surface area contributed by atoms with E-state index in [1.165, 1.54) is 4.43 Å². The number of rotatable bonds is 0. The summed E-state index contributed by atoms with van der Waals surface area (Å²) in [5.41, 5.74) is 0. The minimum atomic E-state index is 0. The van der Waals surface area contributed by atoms with E-state index >= 15 is 0 Å². The normalized spacial score (nSPS) is 2.67. The first-order valence-electron chi connectivity index (χ1n) is 0.757. The van der Waals surface area contributed by atoms with Gasteiger partial charge in [0, 0.05) is 37.1 Å². The molecule has 0 fully saturated rings. The molecule has 0 unspecified atom stereocenters. The molecule has 2 radical (unpaired) electrons.